The first-order valence-electron chi connectivity index (χ1n) is 9.31. The number of nitrogens with zero attached hydrogens (tertiary/aromatic N) is 3. The number of ether oxygens (including phenoxy) is 2. The highest BCUT2D eigenvalue weighted by Gasteiger charge is 2.30. The zero-order chi connectivity index (χ0) is 24.7. The van der Waals surface area contributed by atoms with Crippen molar-refractivity contribution in [2.75, 3.05) is 12.8 Å². The Hall–Kier alpha value is -3.93. The predicted molar refractivity (Wildman–Crippen MR) is 110 cm³/mol. The van der Waals surface area contributed by atoms with Gasteiger partial charge < -0.3 is 15.2 Å². The zero-order valence-electron chi connectivity index (χ0n) is 17.0. The molecule has 0 spiro atoms. The van der Waals surface area contributed by atoms with E-state index >= 15 is 0 Å². The third-order valence-corrected chi connectivity index (χ3v) is 5.06. The normalized spacial score (nSPS) is 11.1. The maximum absolute atomic E-state index is 13.9. The molecule has 0 amide bonds. The van der Waals surface area contributed by atoms with Gasteiger partial charge in [0.1, 0.15) is 16.5 Å². The maximum atomic E-state index is 13.9. The molecule has 0 atom stereocenters. The van der Waals surface area contributed by atoms with Crippen LogP contribution in [0.15, 0.2) is 30.5 Å². The fraction of sp³-hybridized carbons (Fsp3) is 0.0952. The zero-order valence-corrected chi connectivity index (χ0v) is 17.8. The van der Waals surface area contributed by atoms with Crippen molar-refractivity contribution in [1.82, 2.24) is 14.8 Å². The number of rotatable bonds is 5. The van der Waals surface area contributed by atoms with E-state index in [0.717, 1.165) is 5.56 Å². The SMILES string of the molecule is COc1ccc(Cn2cc3c(N)c(C(=O)Oc4c(F)c(F)c(F)c(F)c4F)c(Cl)nc3n2)cc1. The number of carbonyl (C=O) groups is 1. The molecule has 4 rings (SSSR count). The van der Waals surface area contributed by atoms with Gasteiger partial charge in [-0.15, -0.1) is 0 Å². The molecule has 2 aromatic carbocycles. The van der Waals surface area contributed by atoms with Crippen molar-refractivity contribution < 1.29 is 36.2 Å². The molecule has 7 nitrogen and oxygen atoms in total. The van der Waals surface area contributed by atoms with Crippen LogP contribution in [0.1, 0.15) is 15.9 Å². The van der Waals surface area contributed by atoms with Crippen molar-refractivity contribution in [3.63, 3.8) is 0 Å². The second-order valence-electron chi connectivity index (χ2n) is 6.89. The molecule has 0 unspecified atom stereocenters. The summed E-state index contributed by atoms with van der Waals surface area (Å²) in [6.45, 7) is 0.280. The second kappa shape index (κ2) is 8.78. The van der Waals surface area contributed by atoms with Crippen molar-refractivity contribution in [2.45, 2.75) is 6.54 Å². The van der Waals surface area contributed by atoms with Gasteiger partial charge in [0.25, 0.3) is 0 Å². The smallest absolute Gasteiger partial charge is 0.349 e. The van der Waals surface area contributed by atoms with Crippen LogP contribution in [0.4, 0.5) is 27.6 Å². The number of carbonyl (C=O) groups excluding carboxylic acids is 1. The van der Waals surface area contributed by atoms with Gasteiger partial charge in [-0.05, 0) is 17.7 Å². The topological polar surface area (TPSA) is 92.3 Å². The number of methoxy groups -OCH3 is 1. The van der Waals surface area contributed by atoms with E-state index in [1.807, 2.05) is 0 Å². The lowest BCUT2D eigenvalue weighted by atomic mass is 10.2. The molecule has 4 aromatic rings. The molecular weight excluding hydrogens is 487 g/mol. The lowest BCUT2D eigenvalue weighted by Crippen LogP contribution is -2.16. The van der Waals surface area contributed by atoms with E-state index in [9.17, 15) is 26.7 Å². The fourth-order valence-corrected chi connectivity index (χ4v) is 3.35. The standard InChI is InChI=1S/C21H12ClF5N4O3/c1-33-9-4-2-8(3-5-9)6-31-7-10-17(28)11(19(22)29-20(10)30-31)21(32)34-18-15(26)13(24)12(23)14(25)16(18)27/h2-5,7H,6,28H2,1H3. The summed E-state index contributed by atoms with van der Waals surface area (Å²) in [5.74, 6) is -14.4. The van der Waals surface area contributed by atoms with Crippen molar-refractivity contribution in [3.05, 3.63) is 75.8 Å². The minimum atomic E-state index is -2.40. The highest BCUT2D eigenvalue weighted by molar-refractivity contribution is 6.34. The number of anilines is 1. The van der Waals surface area contributed by atoms with Gasteiger partial charge in [0, 0.05) is 6.20 Å². The fourth-order valence-electron chi connectivity index (χ4n) is 3.09. The van der Waals surface area contributed by atoms with Gasteiger partial charge in [0.05, 0.1) is 24.7 Å². The van der Waals surface area contributed by atoms with Crippen molar-refractivity contribution in [3.8, 4) is 11.5 Å². The van der Waals surface area contributed by atoms with Crippen LogP contribution in [0.25, 0.3) is 11.0 Å². The molecule has 13 heteroatoms. The Bertz CT molecular complexity index is 1410. The average Bonchev–Trinajstić information content (AvgIpc) is 3.22. The molecule has 0 aliphatic carbocycles. The lowest BCUT2D eigenvalue weighted by Gasteiger charge is -2.11. The molecule has 0 radical (unpaired) electrons. The van der Waals surface area contributed by atoms with Crippen LogP contribution in [0.5, 0.6) is 11.5 Å². The van der Waals surface area contributed by atoms with Gasteiger partial charge in [-0.25, -0.2) is 22.9 Å². The van der Waals surface area contributed by atoms with E-state index in [-0.39, 0.29) is 23.3 Å². The first kappa shape index (κ1) is 23.2. The van der Waals surface area contributed by atoms with Crippen LogP contribution >= 0.6 is 11.6 Å². The van der Waals surface area contributed by atoms with E-state index in [2.05, 4.69) is 14.8 Å². The van der Waals surface area contributed by atoms with E-state index in [1.165, 1.54) is 18.0 Å². The lowest BCUT2D eigenvalue weighted by molar-refractivity contribution is 0.0717. The summed E-state index contributed by atoms with van der Waals surface area (Å²) < 4.78 is 78.8. The number of esters is 1. The van der Waals surface area contributed by atoms with Gasteiger partial charge in [0.2, 0.25) is 34.8 Å². The Morgan fingerprint density at radius 2 is 1.62 bits per heavy atom. The number of hydrogen-bond acceptors (Lipinski definition) is 6. The summed E-state index contributed by atoms with van der Waals surface area (Å²) >= 11 is 5.99. The minimum absolute atomic E-state index is 0.0452. The molecule has 0 fully saturated rings. The van der Waals surface area contributed by atoms with Crippen LogP contribution in [0, 0.1) is 29.1 Å². The summed E-state index contributed by atoms with van der Waals surface area (Å²) in [4.78, 5) is 16.5. The Morgan fingerprint density at radius 1 is 1.03 bits per heavy atom. The number of nitrogens with two attached hydrogens (primary N) is 1. The van der Waals surface area contributed by atoms with Crippen LogP contribution in [0.2, 0.25) is 5.15 Å². The largest absolute Gasteiger partial charge is 0.497 e. The van der Waals surface area contributed by atoms with Gasteiger partial charge in [-0.3, -0.25) is 4.68 Å². The third-order valence-electron chi connectivity index (χ3n) is 4.78. The predicted octanol–water partition coefficient (Wildman–Crippen LogP) is 4.64. The summed E-state index contributed by atoms with van der Waals surface area (Å²) in [5, 5.41) is 3.81. The van der Waals surface area contributed by atoms with Crippen molar-refractivity contribution in [2.24, 2.45) is 0 Å². The number of pyridine rings is 1. The monoisotopic (exact) mass is 498 g/mol. The molecule has 0 bridgehead atoms. The molecular formula is C21H12ClF5N4O3. The summed E-state index contributed by atoms with van der Waals surface area (Å²) in [6.07, 6.45) is 1.44. The number of aromatic nitrogens is 3. The van der Waals surface area contributed by atoms with Crippen LogP contribution < -0.4 is 15.2 Å². The first-order chi connectivity index (χ1) is 16.1. The Kier molecular flexibility index (Phi) is 6.00. The van der Waals surface area contributed by atoms with Crippen LogP contribution in [-0.4, -0.2) is 27.8 Å². The molecule has 0 saturated carbocycles. The number of halogens is 6. The molecule has 2 N–H and O–H groups in total. The molecule has 2 aromatic heterocycles. The maximum Gasteiger partial charge on any atom is 0.349 e. The first-order valence-corrected chi connectivity index (χ1v) is 9.68. The average molecular weight is 499 g/mol. The molecule has 0 aliphatic heterocycles. The second-order valence-corrected chi connectivity index (χ2v) is 7.25. The van der Waals surface area contributed by atoms with E-state index in [1.54, 1.807) is 24.3 Å². The van der Waals surface area contributed by atoms with E-state index in [0.29, 0.717) is 5.75 Å². The molecule has 2 heterocycles. The summed E-state index contributed by atoms with van der Waals surface area (Å²) in [6, 6.07) is 7.08. The number of benzene rings is 2. The van der Waals surface area contributed by atoms with Crippen molar-refractivity contribution >= 4 is 34.3 Å². The molecule has 176 valence electrons. The number of nitrogen functional groups attached to an aromatic ring is 1. The van der Waals surface area contributed by atoms with E-state index < -0.39 is 51.5 Å². The van der Waals surface area contributed by atoms with Crippen LogP contribution in [-0.2, 0) is 6.54 Å². The van der Waals surface area contributed by atoms with Gasteiger partial charge in [-0.2, -0.15) is 13.9 Å². The van der Waals surface area contributed by atoms with Gasteiger partial charge in [0.15, 0.2) is 5.65 Å². The highest BCUT2D eigenvalue weighted by Crippen LogP contribution is 2.33. The van der Waals surface area contributed by atoms with Gasteiger partial charge in [-0.1, -0.05) is 23.7 Å². The van der Waals surface area contributed by atoms with Crippen LogP contribution in [0.3, 0.4) is 0 Å². The Morgan fingerprint density at radius 3 is 2.21 bits per heavy atom. The molecule has 34 heavy (non-hydrogen) atoms. The summed E-state index contributed by atoms with van der Waals surface area (Å²) in [7, 11) is 1.53. The van der Waals surface area contributed by atoms with Crippen molar-refractivity contribution in [1.29, 1.82) is 0 Å². The number of fused-ring (bicyclic) bond motifs is 1. The molecule has 0 aliphatic rings. The Balaban J connectivity index is 1.69. The molecule has 0 saturated heterocycles. The Labute approximate surface area is 192 Å². The quantitative estimate of drug-likeness (QED) is 0.108. The van der Waals surface area contributed by atoms with E-state index in [4.69, 9.17) is 22.1 Å². The number of hydrogen-bond donors (Lipinski definition) is 1. The third kappa shape index (κ3) is 3.96. The highest BCUT2D eigenvalue weighted by atomic mass is 35.5. The van der Waals surface area contributed by atoms with Gasteiger partial charge >= 0.3 is 5.97 Å². The minimum Gasteiger partial charge on any atom is -0.497 e. The summed E-state index contributed by atoms with van der Waals surface area (Å²) in [5.41, 5.74) is 5.92.